The zero-order chi connectivity index (χ0) is 17.4. The summed E-state index contributed by atoms with van der Waals surface area (Å²) in [6, 6.07) is 12.8. The molecule has 1 aliphatic rings. The molecule has 2 heterocycles. The smallest absolute Gasteiger partial charge is 0.265 e. The quantitative estimate of drug-likeness (QED) is 0.786. The van der Waals surface area contributed by atoms with Gasteiger partial charge in [-0.15, -0.1) is 11.3 Å². The van der Waals surface area contributed by atoms with Crippen molar-refractivity contribution < 1.29 is 14.3 Å². The molecule has 0 spiro atoms. The van der Waals surface area contributed by atoms with Gasteiger partial charge < -0.3 is 10.1 Å². The Morgan fingerprint density at radius 3 is 3.04 bits per heavy atom. The lowest BCUT2D eigenvalue weighted by molar-refractivity contribution is -0.123. The third-order valence-corrected chi connectivity index (χ3v) is 4.82. The Morgan fingerprint density at radius 1 is 1.32 bits per heavy atom. The topological polar surface area (TPSA) is 71.5 Å². The number of carbonyl (C=O) groups excluding carboxylic acids is 2. The maximum atomic E-state index is 12.4. The number of carbonyl (C=O) groups is 2. The van der Waals surface area contributed by atoms with Crippen LogP contribution in [0, 0.1) is 6.92 Å². The Hall–Kier alpha value is -2.93. The van der Waals surface area contributed by atoms with E-state index in [2.05, 4.69) is 10.3 Å². The molecule has 7 heteroatoms. The number of amides is 2. The second-order valence-electron chi connectivity index (χ2n) is 5.70. The molecule has 1 N–H and O–H groups in total. The molecular formula is C18H15N3O3S. The Bertz CT molecular complexity index is 983. The molecule has 0 atom stereocenters. The average molecular weight is 353 g/mol. The molecule has 1 aromatic heterocycles. The lowest BCUT2D eigenvalue weighted by Crippen LogP contribution is -2.43. The van der Waals surface area contributed by atoms with Crippen molar-refractivity contribution in [3.05, 3.63) is 47.5 Å². The summed E-state index contributed by atoms with van der Waals surface area (Å²) in [4.78, 5) is 30.4. The van der Waals surface area contributed by atoms with E-state index in [-0.39, 0.29) is 25.0 Å². The largest absolute Gasteiger partial charge is 0.482 e. The number of thiazole rings is 1. The fraction of sp³-hybridized carbons (Fsp3) is 0.167. The molecule has 1 aliphatic heterocycles. The van der Waals surface area contributed by atoms with Crippen molar-refractivity contribution in [1.82, 2.24) is 4.98 Å². The molecular weight excluding hydrogens is 338 g/mol. The van der Waals surface area contributed by atoms with Crippen molar-refractivity contribution >= 4 is 44.7 Å². The van der Waals surface area contributed by atoms with Gasteiger partial charge in [0.25, 0.3) is 5.91 Å². The van der Waals surface area contributed by atoms with E-state index in [0.717, 1.165) is 15.2 Å². The van der Waals surface area contributed by atoms with Gasteiger partial charge in [-0.3, -0.25) is 14.5 Å². The van der Waals surface area contributed by atoms with E-state index in [1.807, 2.05) is 37.3 Å². The second-order valence-corrected chi connectivity index (χ2v) is 6.93. The van der Waals surface area contributed by atoms with Gasteiger partial charge in [-0.25, -0.2) is 4.98 Å². The minimum absolute atomic E-state index is 0.0566. The number of nitrogens with zero attached hydrogens (tertiary/aromatic N) is 2. The highest BCUT2D eigenvalue weighted by molar-refractivity contribution is 7.18. The number of benzene rings is 2. The molecule has 0 saturated heterocycles. The van der Waals surface area contributed by atoms with Gasteiger partial charge in [0.05, 0.1) is 20.9 Å². The van der Waals surface area contributed by atoms with Crippen LogP contribution in [0.4, 0.5) is 11.4 Å². The molecule has 25 heavy (non-hydrogen) atoms. The summed E-state index contributed by atoms with van der Waals surface area (Å²) in [6.45, 7) is 1.83. The molecule has 0 aliphatic carbocycles. The highest BCUT2D eigenvalue weighted by Crippen LogP contribution is 2.31. The molecule has 4 rings (SSSR count). The number of nitrogens with one attached hydrogen (secondary N) is 1. The Balaban J connectivity index is 1.52. The fourth-order valence-electron chi connectivity index (χ4n) is 2.79. The molecule has 6 nitrogen and oxygen atoms in total. The van der Waals surface area contributed by atoms with Crippen molar-refractivity contribution in [3.63, 3.8) is 0 Å². The number of hydrogen-bond acceptors (Lipinski definition) is 5. The minimum Gasteiger partial charge on any atom is -0.482 e. The zero-order valence-electron chi connectivity index (χ0n) is 13.5. The van der Waals surface area contributed by atoms with Gasteiger partial charge in [0.15, 0.2) is 6.61 Å². The van der Waals surface area contributed by atoms with Gasteiger partial charge >= 0.3 is 0 Å². The van der Waals surface area contributed by atoms with Crippen molar-refractivity contribution in [1.29, 1.82) is 0 Å². The van der Waals surface area contributed by atoms with Gasteiger partial charge in [-0.1, -0.05) is 12.1 Å². The maximum Gasteiger partial charge on any atom is 0.265 e. The summed E-state index contributed by atoms with van der Waals surface area (Å²) in [5, 5.41) is 3.83. The maximum absolute atomic E-state index is 12.4. The molecule has 2 amide bonds. The average Bonchev–Trinajstić information content (AvgIpc) is 2.97. The van der Waals surface area contributed by atoms with Crippen LogP contribution in [0.2, 0.25) is 0 Å². The first-order valence-corrected chi connectivity index (χ1v) is 8.61. The lowest BCUT2D eigenvalue weighted by atomic mass is 10.2. The van der Waals surface area contributed by atoms with Gasteiger partial charge in [-0.2, -0.15) is 0 Å². The number of rotatable bonds is 3. The van der Waals surface area contributed by atoms with Crippen LogP contribution in [0.25, 0.3) is 10.2 Å². The van der Waals surface area contributed by atoms with Gasteiger partial charge in [-0.05, 0) is 37.3 Å². The lowest BCUT2D eigenvalue weighted by Gasteiger charge is -2.28. The van der Waals surface area contributed by atoms with Crippen LogP contribution in [-0.4, -0.2) is 29.9 Å². The van der Waals surface area contributed by atoms with E-state index < -0.39 is 0 Å². The van der Waals surface area contributed by atoms with Crippen LogP contribution in [0.15, 0.2) is 42.5 Å². The van der Waals surface area contributed by atoms with Crippen LogP contribution in [0.3, 0.4) is 0 Å². The molecule has 0 radical (unpaired) electrons. The standard InChI is InChI=1S/C18H15N3O3S/c1-11-19-13-7-6-12(8-16(13)25-11)20-17(22)9-21-14-4-2-3-5-15(14)24-10-18(21)23/h2-8H,9-10H2,1H3,(H,20,22). The van der Waals surface area contributed by atoms with E-state index in [1.165, 1.54) is 4.90 Å². The molecule has 0 bridgehead atoms. The second kappa shape index (κ2) is 6.18. The zero-order valence-corrected chi connectivity index (χ0v) is 14.3. The van der Waals surface area contributed by atoms with E-state index in [9.17, 15) is 9.59 Å². The summed E-state index contributed by atoms with van der Waals surface area (Å²) in [5.74, 6) is 0.115. The molecule has 2 aromatic carbocycles. The highest BCUT2D eigenvalue weighted by Gasteiger charge is 2.26. The molecule has 0 unspecified atom stereocenters. The number of hydrogen-bond donors (Lipinski definition) is 1. The number of aromatic nitrogens is 1. The Kier molecular flexibility index (Phi) is 3.85. The number of ether oxygens (including phenoxy) is 1. The van der Waals surface area contributed by atoms with Gasteiger partial charge in [0.1, 0.15) is 12.3 Å². The van der Waals surface area contributed by atoms with Crippen LogP contribution >= 0.6 is 11.3 Å². The predicted molar refractivity (Wildman–Crippen MR) is 97.3 cm³/mol. The summed E-state index contributed by atoms with van der Waals surface area (Å²) in [5.41, 5.74) is 2.22. The third-order valence-electron chi connectivity index (χ3n) is 3.89. The van der Waals surface area contributed by atoms with E-state index in [1.54, 1.807) is 23.5 Å². The summed E-state index contributed by atoms with van der Waals surface area (Å²) >= 11 is 1.58. The predicted octanol–water partition coefficient (Wildman–Crippen LogP) is 2.97. The number of aryl methyl sites for hydroxylation is 1. The van der Waals surface area contributed by atoms with Crippen molar-refractivity contribution in [3.8, 4) is 5.75 Å². The van der Waals surface area contributed by atoms with Crippen LogP contribution in [0.1, 0.15) is 5.01 Å². The number of fused-ring (bicyclic) bond motifs is 2. The monoisotopic (exact) mass is 353 g/mol. The minimum atomic E-state index is -0.259. The number of anilines is 2. The summed E-state index contributed by atoms with van der Waals surface area (Å²) < 4.78 is 6.40. The van der Waals surface area contributed by atoms with Crippen LogP contribution < -0.4 is 15.0 Å². The summed E-state index contributed by atoms with van der Waals surface area (Å²) in [7, 11) is 0. The van der Waals surface area contributed by atoms with Crippen molar-refractivity contribution in [2.75, 3.05) is 23.4 Å². The first kappa shape index (κ1) is 15.6. The summed E-state index contributed by atoms with van der Waals surface area (Å²) in [6.07, 6.45) is 0. The molecule has 126 valence electrons. The molecule has 0 saturated carbocycles. The number of para-hydroxylation sites is 2. The van der Waals surface area contributed by atoms with Crippen LogP contribution in [-0.2, 0) is 9.59 Å². The fourth-order valence-corrected chi connectivity index (χ4v) is 3.66. The van der Waals surface area contributed by atoms with E-state index >= 15 is 0 Å². The first-order valence-electron chi connectivity index (χ1n) is 7.79. The third kappa shape index (κ3) is 3.06. The van der Waals surface area contributed by atoms with E-state index in [0.29, 0.717) is 17.1 Å². The first-order chi connectivity index (χ1) is 12.1. The van der Waals surface area contributed by atoms with Crippen molar-refractivity contribution in [2.24, 2.45) is 0 Å². The molecule has 0 fully saturated rings. The SMILES string of the molecule is Cc1nc2ccc(NC(=O)CN3C(=O)COc4ccccc43)cc2s1. The highest BCUT2D eigenvalue weighted by atomic mass is 32.1. The van der Waals surface area contributed by atoms with Crippen molar-refractivity contribution in [2.45, 2.75) is 6.92 Å². The van der Waals surface area contributed by atoms with Crippen LogP contribution in [0.5, 0.6) is 5.75 Å². The van der Waals surface area contributed by atoms with Gasteiger partial charge in [0.2, 0.25) is 5.91 Å². The van der Waals surface area contributed by atoms with Gasteiger partial charge in [0, 0.05) is 5.69 Å². The van der Waals surface area contributed by atoms with E-state index in [4.69, 9.17) is 4.74 Å². The normalized spacial score (nSPS) is 13.5. The Morgan fingerprint density at radius 2 is 2.16 bits per heavy atom. The molecule has 3 aromatic rings. The Labute approximate surface area is 148 Å².